The summed E-state index contributed by atoms with van der Waals surface area (Å²) in [6, 6.07) is 15.2. The summed E-state index contributed by atoms with van der Waals surface area (Å²) in [5, 5.41) is 22.4. The Bertz CT molecular complexity index is 1180. The Morgan fingerprint density at radius 3 is 2.50 bits per heavy atom. The molecule has 1 aliphatic heterocycles. The Morgan fingerprint density at radius 2 is 1.91 bits per heavy atom. The van der Waals surface area contributed by atoms with E-state index in [-0.39, 0.29) is 35.3 Å². The highest BCUT2D eigenvalue weighted by Gasteiger charge is 2.39. The summed E-state index contributed by atoms with van der Waals surface area (Å²) in [4.78, 5) is 27.5. The van der Waals surface area contributed by atoms with Gasteiger partial charge in [-0.15, -0.1) is 11.8 Å². The SMILES string of the molecule is CCOC(=O)CC1=NC(SC)N(N)C(Oc2cc(C#N)cc(Oc3ccccc3)c2)=C1[N+](=O)[O-]. The van der Waals surface area contributed by atoms with E-state index in [4.69, 9.17) is 20.1 Å². The van der Waals surface area contributed by atoms with Crippen molar-refractivity contribution in [1.82, 2.24) is 5.01 Å². The van der Waals surface area contributed by atoms with Crippen molar-refractivity contribution in [2.45, 2.75) is 18.8 Å². The van der Waals surface area contributed by atoms with Crippen LogP contribution in [0.15, 0.2) is 65.1 Å². The number of hydrazine groups is 1. The minimum Gasteiger partial charge on any atom is -0.466 e. The molecule has 0 radical (unpaired) electrons. The maximum Gasteiger partial charge on any atom is 0.352 e. The average molecular weight is 484 g/mol. The minimum atomic E-state index is -0.790. The van der Waals surface area contributed by atoms with E-state index in [0.717, 1.165) is 5.01 Å². The highest BCUT2D eigenvalue weighted by molar-refractivity contribution is 7.99. The number of nitrogens with zero attached hydrogens (tertiary/aromatic N) is 4. The number of aliphatic imine (C=N–C) groups is 1. The molecule has 0 fully saturated rings. The molecule has 1 heterocycles. The van der Waals surface area contributed by atoms with Gasteiger partial charge in [-0.2, -0.15) is 5.26 Å². The molecular formula is C22H21N5O6S. The largest absolute Gasteiger partial charge is 0.466 e. The normalized spacial score (nSPS) is 15.3. The Balaban J connectivity index is 2.02. The molecule has 1 aliphatic rings. The number of para-hydroxylation sites is 1. The molecule has 0 spiro atoms. The lowest BCUT2D eigenvalue weighted by Gasteiger charge is -2.30. The lowest BCUT2D eigenvalue weighted by molar-refractivity contribution is -0.419. The lowest BCUT2D eigenvalue weighted by atomic mass is 10.2. The minimum absolute atomic E-state index is 0.0759. The van der Waals surface area contributed by atoms with Gasteiger partial charge in [-0.3, -0.25) is 14.9 Å². The van der Waals surface area contributed by atoms with Crippen molar-refractivity contribution in [1.29, 1.82) is 5.26 Å². The van der Waals surface area contributed by atoms with E-state index in [1.54, 1.807) is 37.4 Å². The Hall–Kier alpha value is -4.08. The summed E-state index contributed by atoms with van der Waals surface area (Å²) >= 11 is 1.19. The fraction of sp³-hybridized carbons (Fsp3) is 0.227. The van der Waals surface area contributed by atoms with E-state index in [1.165, 1.54) is 30.0 Å². The Kier molecular flexibility index (Phi) is 8.07. The molecule has 0 bridgehead atoms. The van der Waals surface area contributed by atoms with Crippen molar-refractivity contribution in [2.75, 3.05) is 12.9 Å². The quantitative estimate of drug-likeness (QED) is 0.243. The van der Waals surface area contributed by atoms with Gasteiger partial charge >= 0.3 is 11.7 Å². The first-order valence-corrected chi connectivity index (χ1v) is 11.3. The summed E-state index contributed by atoms with van der Waals surface area (Å²) in [7, 11) is 0. The third kappa shape index (κ3) is 5.83. The van der Waals surface area contributed by atoms with Crippen LogP contribution in [0.5, 0.6) is 17.2 Å². The van der Waals surface area contributed by atoms with Crippen LogP contribution in [0.4, 0.5) is 0 Å². The Labute approximate surface area is 199 Å². The molecule has 0 aliphatic carbocycles. The number of hydrogen-bond acceptors (Lipinski definition) is 11. The van der Waals surface area contributed by atoms with Crippen LogP contribution < -0.4 is 15.3 Å². The van der Waals surface area contributed by atoms with Crippen LogP contribution >= 0.6 is 11.8 Å². The molecular weight excluding hydrogens is 462 g/mol. The maximum absolute atomic E-state index is 12.0. The standard InChI is InChI=1S/C22H21N5O6S/c1-3-31-19(28)12-18-20(27(29)30)21(26(24)22(25-18)34-2)33-17-10-14(13-23)9-16(11-17)32-15-7-5-4-6-8-15/h4-11,22H,3,12,24H2,1-2H3. The molecule has 0 aromatic heterocycles. The molecule has 11 nitrogen and oxygen atoms in total. The zero-order valence-electron chi connectivity index (χ0n) is 18.3. The molecule has 2 aromatic rings. The molecule has 2 aromatic carbocycles. The molecule has 1 unspecified atom stereocenters. The zero-order chi connectivity index (χ0) is 24.7. The number of nitro groups is 1. The van der Waals surface area contributed by atoms with Crippen LogP contribution in [-0.4, -0.2) is 40.0 Å². The second-order valence-electron chi connectivity index (χ2n) is 6.76. The van der Waals surface area contributed by atoms with E-state index in [0.29, 0.717) is 5.75 Å². The highest BCUT2D eigenvalue weighted by atomic mass is 32.2. The van der Waals surface area contributed by atoms with Crippen molar-refractivity contribution >= 4 is 23.4 Å². The van der Waals surface area contributed by atoms with Gasteiger partial charge in [0.15, 0.2) is 5.50 Å². The number of nitriles is 1. The van der Waals surface area contributed by atoms with Crippen molar-refractivity contribution in [3.05, 3.63) is 75.8 Å². The molecule has 0 saturated carbocycles. The number of thioether (sulfide) groups is 1. The number of carbonyl (C=O) groups is 1. The van der Waals surface area contributed by atoms with Crippen molar-refractivity contribution in [2.24, 2.45) is 10.8 Å². The third-order valence-corrected chi connectivity index (χ3v) is 5.18. The monoisotopic (exact) mass is 483 g/mol. The summed E-state index contributed by atoms with van der Waals surface area (Å²) in [6.07, 6.45) is 1.27. The van der Waals surface area contributed by atoms with Crippen LogP contribution in [0.3, 0.4) is 0 Å². The van der Waals surface area contributed by atoms with Crippen LogP contribution in [-0.2, 0) is 9.53 Å². The number of benzene rings is 2. The fourth-order valence-corrected chi connectivity index (χ4v) is 3.58. The van der Waals surface area contributed by atoms with Gasteiger partial charge in [0.05, 0.1) is 29.6 Å². The molecule has 0 amide bonds. The zero-order valence-corrected chi connectivity index (χ0v) is 19.2. The van der Waals surface area contributed by atoms with Crippen LogP contribution in [0.25, 0.3) is 0 Å². The summed E-state index contributed by atoms with van der Waals surface area (Å²) in [5.74, 6) is 5.98. The predicted octanol–water partition coefficient (Wildman–Crippen LogP) is 3.41. The second-order valence-corrected chi connectivity index (χ2v) is 7.65. The molecule has 12 heteroatoms. The smallest absolute Gasteiger partial charge is 0.352 e. The van der Waals surface area contributed by atoms with Gasteiger partial charge in [0.2, 0.25) is 0 Å². The number of hydrogen-bond donors (Lipinski definition) is 1. The van der Waals surface area contributed by atoms with Crippen LogP contribution in [0.1, 0.15) is 18.9 Å². The van der Waals surface area contributed by atoms with Gasteiger partial charge in [0.25, 0.3) is 5.88 Å². The molecule has 0 saturated heterocycles. The molecule has 34 heavy (non-hydrogen) atoms. The second kappa shape index (κ2) is 11.2. The summed E-state index contributed by atoms with van der Waals surface area (Å²) in [5.41, 5.74) is -1.29. The van der Waals surface area contributed by atoms with E-state index in [2.05, 4.69) is 4.99 Å². The number of carbonyl (C=O) groups excluding carboxylic acids is 1. The van der Waals surface area contributed by atoms with Crippen LogP contribution in [0, 0.1) is 21.4 Å². The topological polar surface area (TPSA) is 153 Å². The van der Waals surface area contributed by atoms with Gasteiger partial charge in [0, 0.05) is 6.07 Å². The van der Waals surface area contributed by atoms with Crippen molar-refractivity contribution < 1.29 is 23.9 Å². The van der Waals surface area contributed by atoms with E-state index in [9.17, 15) is 20.2 Å². The number of ether oxygens (including phenoxy) is 3. The van der Waals surface area contributed by atoms with E-state index < -0.39 is 28.5 Å². The molecule has 176 valence electrons. The maximum atomic E-state index is 12.0. The lowest BCUT2D eigenvalue weighted by Crippen LogP contribution is -2.45. The van der Waals surface area contributed by atoms with Gasteiger partial charge in [-0.1, -0.05) is 18.2 Å². The number of allylic oxidation sites excluding steroid dienone is 1. The third-order valence-electron chi connectivity index (χ3n) is 4.43. The molecule has 3 rings (SSSR count). The van der Waals surface area contributed by atoms with Gasteiger partial charge in [-0.25, -0.2) is 15.8 Å². The van der Waals surface area contributed by atoms with Crippen molar-refractivity contribution in [3.8, 4) is 23.3 Å². The first-order chi connectivity index (χ1) is 16.4. The van der Waals surface area contributed by atoms with Gasteiger partial charge in [0.1, 0.15) is 23.0 Å². The first-order valence-electron chi connectivity index (χ1n) is 10.00. The summed E-state index contributed by atoms with van der Waals surface area (Å²) in [6.45, 7) is 1.75. The van der Waals surface area contributed by atoms with E-state index in [1.807, 2.05) is 12.1 Å². The Morgan fingerprint density at radius 1 is 1.24 bits per heavy atom. The number of esters is 1. The molecule has 2 N–H and O–H groups in total. The van der Waals surface area contributed by atoms with E-state index >= 15 is 0 Å². The highest BCUT2D eigenvalue weighted by Crippen LogP contribution is 2.32. The number of nitrogens with two attached hydrogens (primary N) is 1. The fourth-order valence-electron chi connectivity index (χ4n) is 3.02. The van der Waals surface area contributed by atoms with Gasteiger partial charge < -0.3 is 14.2 Å². The van der Waals surface area contributed by atoms with Crippen LogP contribution in [0.2, 0.25) is 0 Å². The first kappa shape index (κ1) is 24.6. The molecule has 1 atom stereocenters. The average Bonchev–Trinajstić information content (AvgIpc) is 2.81. The number of rotatable bonds is 9. The van der Waals surface area contributed by atoms with Crippen molar-refractivity contribution in [3.63, 3.8) is 0 Å². The van der Waals surface area contributed by atoms with Gasteiger partial charge in [-0.05, 0) is 37.4 Å². The predicted molar refractivity (Wildman–Crippen MR) is 124 cm³/mol. The summed E-state index contributed by atoms with van der Waals surface area (Å²) < 4.78 is 16.5.